The first kappa shape index (κ1) is 16.3. The zero-order valence-electron chi connectivity index (χ0n) is 16.6. The van der Waals surface area contributed by atoms with Crippen LogP contribution in [0.3, 0.4) is 0 Å². The number of aromatic nitrogens is 1. The van der Waals surface area contributed by atoms with Gasteiger partial charge in [-0.15, -0.1) is 0 Å². The van der Waals surface area contributed by atoms with Gasteiger partial charge in [0.05, 0.1) is 5.56 Å². The SMILES string of the molecule is Cc1ccc2cccc3c2c1-c1c(c2cc(C(C)(C)C)ccc2c[n+]1C)O3. The highest BCUT2D eigenvalue weighted by atomic mass is 16.5. The van der Waals surface area contributed by atoms with Crippen LogP contribution in [0.1, 0.15) is 31.9 Å². The molecule has 1 aliphatic heterocycles. The monoisotopic (exact) mass is 354 g/mol. The number of fused-ring (bicyclic) bond motifs is 4. The molecule has 0 saturated heterocycles. The van der Waals surface area contributed by atoms with E-state index in [0.29, 0.717) is 0 Å². The normalized spacial score (nSPS) is 12.9. The molecule has 0 N–H and O–H groups in total. The Labute approximate surface area is 160 Å². The van der Waals surface area contributed by atoms with E-state index in [1.807, 2.05) is 0 Å². The van der Waals surface area contributed by atoms with Crippen LogP contribution >= 0.6 is 0 Å². The highest BCUT2D eigenvalue weighted by Gasteiger charge is 2.31. The molecular formula is C25H24NO+. The third kappa shape index (κ3) is 2.29. The average Bonchev–Trinajstić information content (AvgIpc) is 2.63. The van der Waals surface area contributed by atoms with E-state index in [0.717, 1.165) is 17.2 Å². The number of hydrogen-bond donors (Lipinski definition) is 0. The third-order valence-corrected chi connectivity index (χ3v) is 5.73. The lowest BCUT2D eigenvalue weighted by Gasteiger charge is -2.23. The minimum atomic E-state index is 0.0988. The van der Waals surface area contributed by atoms with E-state index >= 15 is 0 Å². The predicted octanol–water partition coefficient (Wildman–Crippen LogP) is 6.20. The average molecular weight is 354 g/mol. The second-order valence-corrected chi connectivity index (χ2v) is 8.68. The zero-order valence-corrected chi connectivity index (χ0v) is 16.6. The van der Waals surface area contributed by atoms with Gasteiger partial charge in [-0.3, -0.25) is 0 Å². The molecule has 0 aliphatic carbocycles. The molecule has 2 heterocycles. The van der Waals surface area contributed by atoms with Crippen LogP contribution in [-0.2, 0) is 12.5 Å². The largest absolute Gasteiger partial charge is 0.449 e. The Morgan fingerprint density at radius 1 is 0.926 bits per heavy atom. The second-order valence-electron chi connectivity index (χ2n) is 8.68. The van der Waals surface area contributed by atoms with Crippen molar-refractivity contribution in [2.75, 3.05) is 0 Å². The molecule has 5 rings (SSSR count). The first-order valence-electron chi connectivity index (χ1n) is 9.52. The van der Waals surface area contributed by atoms with Gasteiger partial charge in [0.25, 0.3) is 5.69 Å². The van der Waals surface area contributed by atoms with E-state index in [1.165, 1.54) is 38.2 Å². The van der Waals surface area contributed by atoms with Crippen molar-refractivity contribution in [3.8, 4) is 22.8 Å². The van der Waals surface area contributed by atoms with Crippen molar-refractivity contribution < 1.29 is 9.30 Å². The van der Waals surface area contributed by atoms with Crippen LogP contribution in [0.2, 0.25) is 0 Å². The number of pyridine rings is 1. The summed E-state index contributed by atoms with van der Waals surface area (Å²) < 4.78 is 8.76. The molecule has 0 bridgehead atoms. The van der Waals surface area contributed by atoms with Crippen LogP contribution in [0.25, 0.3) is 32.8 Å². The Hall–Kier alpha value is -2.87. The smallest absolute Gasteiger partial charge is 0.257 e. The fourth-order valence-corrected chi connectivity index (χ4v) is 4.24. The van der Waals surface area contributed by atoms with E-state index in [9.17, 15) is 0 Å². The van der Waals surface area contributed by atoms with Crippen LogP contribution in [-0.4, -0.2) is 0 Å². The van der Waals surface area contributed by atoms with Crippen molar-refractivity contribution in [1.82, 2.24) is 0 Å². The van der Waals surface area contributed by atoms with Gasteiger partial charge in [0, 0.05) is 16.2 Å². The van der Waals surface area contributed by atoms with Crippen molar-refractivity contribution in [3.63, 3.8) is 0 Å². The van der Waals surface area contributed by atoms with Gasteiger partial charge in [0.1, 0.15) is 12.8 Å². The van der Waals surface area contributed by atoms with Crippen molar-refractivity contribution in [2.45, 2.75) is 33.1 Å². The molecule has 2 heteroatoms. The van der Waals surface area contributed by atoms with Gasteiger partial charge >= 0.3 is 0 Å². The molecule has 0 saturated carbocycles. The van der Waals surface area contributed by atoms with E-state index in [2.05, 4.69) is 94.0 Å². The van der Waals surface area contributed by atoms with E-state index < -0.39 is 0 Å². The summed E-state index contributed by atoms with van der Waals surface area (Å²) in [4.78, 5) is 0. The van der Waals surface area contributed by atoms with Crippen molar-refractivity contribution in [1.29, 1.82) is 0 Å². The molecule has 1 aromatic heterocycles. The summed E-state index contributed by atoms with van der Waals surface area (Å²) in [5.41, 5.74) is 5.15. The van der Waals surface area contributed by atoms with E-state index in [1.54, 1.807) is 0 Å². The van der Waals surface area contributed by atoms with Crippen molar-refractivity contribution >= 4 is 21.5 Å². The van der Waals surface area contributed by atoms with E-state index in [-0.39, 0.29) is 5.41 Å². The van der Waals surface area contributed by atoms with Gasteiger partial charge in [0.2, 0.25) is 5.75 Å². The summed E-state index contributed by atoms with van der Waals surface area (Å²) in [6.45, 7) is 8.95. The Morgan fingerprint density at radius 3 is 2.48 bits per heavy atom. The van der Waals surface area contributed by atoms with Gasteiger partial charge in [-0.1, -0.05) is 51.1 Å². The number of benzene rings is 3. The summed E-state index contributed by atoms with van der Waals surface area (Å²) >= 11 is 0. The van der Waals surface area contributed by atoms with Gasteiger partial charge in [-0.2, -0.15) is 4.57 Å². The summed E-state index contributed by atoms with van der Waals surface area (Å²) in [5, 5.41) is 4.82. The molecule has 1 aliphatic rings. The lowest BCUT2D eigenvalue weighted by atomic mass is 9.85. The predicted molar refractivity (Wildman–Crippen MR) is 112 cm³/mol. The van der Waals surface area contributed by atoms with Gasteiger partial charge in [-0.05, 0) is 47.1 Å². The summed E-state index contributed by atoms with van der Waals surface area (Å²) in [6.07, 6.45) is 2.22. The summed E-state index contributed by atoms with van der Waals surface area (Å²) in [7, 11) is 2.12. The van der Waals surface area contributed by atoms with Gasteiger partial charge in [-0.25, -0.2) is 0 Å². The van der Waals surface area contributed by atoms with Gasteiger partial charge in [0.15, 0.2) is 6.20 Å². The number of aryl methyl sites for hydroxylation is 2. The highest BCUT2D eigenvalue weighted by Crippen LogP contribution is 2.48. The van der Waals surface area contributed by atoms with Crippen molar-refractivity contribution in [3.05, 3.63) is 65.9 Å². The van der Waals surface area contributed by atoms with Crippen LogP contribution in [0.5, 0.6) is 11.5 Å². The maximum atomic E-state index is 6.55. The summed E-state index contributed by atoms with van der Waals surface area (Å²) in [6, 6.07) is 17.5. The molecule has 0 unspecified atom stereocenters. The molecule has 0 radical (unpaired) electrons. The maximum Gasteiger partial charge on any atom is 0.257 e. The molecule has 0 fully saturated rings. The Balaban J connectivity index is 1.94. The summed E-state index contributed by atoms with van der Waals surface area (Å²) in [5.74, 6) is 1.92. The Bertz CT molecular complexity index is 1250. The lowest BCUT2D eigenvalue weighted by Crippen LogP contribution is -2.32. The molecule has 0 spiro atoms. The van der Waals surface area contributed by atoms with Gasteiger partial charge < -0.3 is 4.74 Å². The second kappa shape index (κ2) is 5.32. The van der Waals surface area contributed by atoms with Crippen LogP contribution in [0.4, 0.5) is 0 Å². The first-order valence-corrected chi connectivity index (χ1v) is 9.52. The minimum Gasteiger partial charge on any atom is -0.449 e. The fraction of sp³-hybridized carbons (Fsp3) is 0.240. The lowest BCUT2D eigenvalue weighted by molar-refractivity contribution is -0.659. The third-order valence-electron chi connectivity index (χ3n) is 5.73. The Kier molecular flexibility index (Phi) is 3.22. The molecule has 134 valence electrons. The molecule has 4 aromatic rings. The number of nitrogens with zero attached hydrogens (tertiary/aromatic N) is 1. The van der Waals surface area contributed by atoms with Crippen molar-refractivity contribution in [2.24, 2.45) is 7.05 Å². The maximum absolute atomic E-state index is 6.55. The highest BCUT2D eigenvalue weighted by molar-refractivity contribution is 6.06. The standard InChI is InChI=1S/C25H24NO/c1-15-9-10-16-7-6-8-20-22(16)21(15)23-24(27-20)19-13-18(25(2,3)4)12-11-17(19)14-26(23)5/h6-14H,1-5H3/q+1. The van der Waals surface area contributed by atoms with E-state index in [4.69, 9.17) is 4.74 Å². The molecule has 0 atom stereocenters. The van der Waals surface area contributed by atoms with Crippen LogP contribution in [0.15, 0.2) is 54.7 Å². The molecule has 3 aromatic carbocycles. The number of rotatable bonds is 0. The Morgan fingerprint density at radius 2 is 1.70 bits per heavy atom. The molecule has 27 heavy (non-hydrogen) atoms. The molecular weight excluding hydrogens is 330 g/mol. The van der Waals surface area contributed by atoms with Crippen LogP contribution < -0.4 is 9.30 Å². The number of hydrogen-bond acceptors (Lipinski definition) is 1. The molecule has 2 nitrogen and oxygen atoms in total. The zero-order chi connectivity index (χ0) is 18.9. The first-order chi connectivity index (χ1) is 12.8. The molecule has 0 amide bonds. The topological polar surface area (TPSA) is 13.1 Å². The minimum absolute atomic E-state index is 0.0988. The number of ether oxygens (including phenoxy) is 1. The fourth-order valence-electron chi connectivity index (χ4n) is 4.24. The quantitative estimate of drug-likeness (QED) is 0.302. The van der Waals surface area contributed by atoms with Crippen LogP contribution in [0, 0.1) is 6.92 Å².